The summed E-state index contributed by atoms with van der Waals surface area (Å²) in [5, 5.41) is 4.84. The molecule has 1 aliphatic rings. The van der Waals surface area contributed by atoms with Crippen LogP contribution < -0.4 is 10.3 Å². The van der Waals surface area contributed by atoms with Crippen molar-refractivity contribution < 1.29 is 9.59 Å². The topological polar surface area (TPSA) is 61.8 Å². The maximum atomic E-state index is 12.5. The first-order chi connectivity index (χ1) is 15.0. The summed E-state index contributed by atoms with van der Waals surface area (Å²) < 4.78 is 0. The van der Waals surface area contributed by atoms with E-state index in [-0.39, 0.29) is 17.2 Å². The SMILES string of the molecule is O=C(NN=Cc1ccc(Cl)cc1Cl)c1ccc(N2C(=O)CS[C@H]2c2ccccc2)cc1. The van der Waals surface area contributed by atoms with Gasteiger partial charge < -0.3 is 0 Å². The number of carbonyl (C=O) groups is 2. The molecule has 0 aromatic heterocycles. The number of hydrogen-bond acceptors (Lipinski definition) is 4. The molecule has 3 aromatic rings. The molecule has 1 saturated heterocycles. The van der Waals surface area contributed by atoms with Crippen LogP contribution in [0.4, 0.5) is 5.69 Å². The lowest BCUT2D eigenvalue weighted by atomic mass is 10.1. The maximum Gasteiger partial charge on any atom is 0.271 e. The van der Waals surface area contributed by atoms with Crippen molar-refractivity contribution >= 4 is 58.7 Å². The Morgan fingerprint density at radius 2 is 1.81 bits per heavy atom. The van der Waals surface area contributed by atoms with Crippen LogP contribution in [0, 0.1) is 0 Å². The fourth-order valence-electron chi connectivity index (χ4n) is 3.17. The van der Waals surface area contributed by atoms with Crippen LogP contribution in [0.1, 0.15) is 26.9 Å². The average molecular weight is 470 g/mol. The molecule has 4 rings (SSSR count). The van der Waals surface area contributed by atoms with Gasteiger partial charge in [-0.2, -0.15) is 5.10 Å². The average Bonchev–Trinajstić information content (AvgIpc) is 3.17. The van der Waals surface area contributed by atoms with Crippen LogP contribution in [0.5, 0.6) is 0 Å². The highest BCUT2D eigenvalue weighted by Crippen LogP contribution is 2.41. The lowest BCUT2D eigenvalue weighted by molar-refractivity contribution is -0.115. The Hall–Kier alpha value is -2.80. The van der Waals surface area contributed by atoms with E-state index in [9.17, 15) is 9.59 Å². The quantitative estimate of drug-likeness (QED) is 0.394. The van der Waals surface area contributed by atoms with Crippen molar-refractivity contribution in [3.63, 3.8) is 0 Å². The summed E-state index contributed by atoms with van der Waals surface area (Å²) >= 11 is 13.5. The molecule has 0 aliphatic carbocycles. The molecule has 31 heavy (non-hydrogen) atoms. The van der Waals surface area contributed by atoms with E-state index in [0.29, 0.717) is 26.9 Å². The number of hydrogen-bond donors (Lipinski definition) is 1. The molecule has 1 aliphatic heterocycles. The minimum Gasteiger partial charge on any atom is -0.295 e. The molecule has 2 amide bonds. The predicted octanol–water partition coefficient (Wildman–Crippen LogP) is 5.54. The fraction of sp³-hybridized carbons (Fsp3) is 0.0870. The number of nitrogens with zero attached hydrogens (tertiary/aromatic N) is 2. The number of nitrogens with one attached hydrogen (secondary N) is 1. The normalized spacial score (nSPS) is 16.1. The van der Waals surface area contributed by atoms with E-state index in [2.05, 4.69) is 10.5 Å². The molecular formula is C23H17Cl2N3O2S. The van der Waals surface area contributed by atoms with E-state index in [1.807, 2.05) is 30.3 Å². The molecule has 0 spiro atoms. The first kappa shape index (κ1) is 21.4. The second kappa shape index (κ2) is 9.56. The number of halogens is 2. The minimum absolute atomic E-state index is 0.0421. The van der Waals surface area contributed by atoms with Crippen LogP contribution in [0.3, 0.4) is 0 Å². The van der Waals surface area contributed by atoms with Gasteiger partial charge in [0.2, 0.25) is 5.91 Å². The highest BCUT2D eigenvalue weighted by atomic mass is 35.5. The van der Waals surface area contributed by atoms with Gasteiger partial charge in [-0.1, -0.05) is 59.6 Å². The van der Waals surface area contributed by atoms with Gasteiger partial charge in [-0.3, -0.25) is 14.5 Å². The van der Waals surface area contributed by atoms with Gasteiger partial charge in [0.1, 0.15) is 5.37 Å². The van der Waals surface area contributed by atoms with Crippen LogP contribution in [-0.2, 0) is 4.79 Å². The number of benzene rings is 3. The Kier molecular flexibility index (Phi) is 6.61. The number of hydrazone groups is 1. The van der Waals surface area contributed by atoms with Gasteiger partial charge in [-0.05, 0) is 42.0 Å². The number of amides is 2. The molecule has 1 fully saturated rings. The molecule has 1 atom stereocenters. The number of rotatable bonds is 5. The second-order valence-corrected chi connectivity index (χ2v) is 8.66. The predicted molar refractivity (Wildman–Crippen MR) is 127 cm³/mol. The van der Waals surface area contributed by atoms with Crippen molar-refractivity contribution in [2.75, 3.05) is 10.7 Å². The fourth-order valence-corrected chi connectivity index (χ4v) is 4.81. The summed E-state index contributed by atoms with van der Waals surface area (Å²) in [5.41, 5.74) is 5.36. The lowest BCUT2D eigenvalue weighted by Gasteiger charge is -2.24. The molecule has 5 nitrogen and oxygen atoms in total. The first-order valence-electron chi connectivity index (χ1n) is 9.40. The maximum absolute atomic E-state index is 12.5. The molecule has 1 N–H and O–H groups in total. The Bertz CT molecular complexity index is 1140. The first-order valence-corrected chi connectivity index (χ1v) is 11.2. The van der Waals surface area contributed by atoms with E-state index >= 15 is 0 Å². The third-order valence-corrected chi connectivity index (χ3v) is 6.47. The van der Waals surface area contributed by atoms with Crippen LogP contribution in [0.25, 0.3) is 0 Å². The second-order valence-electron chi connectivity index (χ2n) is 6.75. The van der Waals surface area contributed by atoms with Gasteiger partial charge in [-0.25, -0.2) is 5.43 Å². The summed E-state index contributed by atoms with van der Waals surface area (Å²) in [5.74, 6) is 0.0964. The standard InChI is InChI=1S/C23H17Cl2N3O2S/c24-18-9-6-17(20(25)12-18)13-26-27-22(30)15-7-10-19(11-8-15)28-21(29)14-31-23(28)16-4-2-1-3-5-16/h1-13,23H,14H2,(H,27,30)/t23-/m0/s1. The van der Waals surface area contributed by atoms with Crippen molar-refractivity contribution in [1.29, 1.82) is 0 Å². The van der Waals surface area contributed by atoms with Crippen LogP contribution in [0.15, 0.2) is 77.9 Å². The highest BCUT2D eigenvalue weighted by Gasteiger charge is 2.33. The molecule has 8 heteroatoms. The number of thioether (sulfide) groups is 1. The van der Waals surface area contributed by atoms with E-state index in [1.165, 1.54) is 6.21 Å². The van der Waals surface area contributed by atoms with E-state index in [4.69, 9.17) is 23.2 Å². The van der Waals surface area contributed by atoms with E-state index < -0.39 is 0 Å². The van der Waals surface area contributed by atoms with Crippen molar-refractivity contribution in [2.24, 2.45) is 5.10 Å². The Balaban J connectivity index is 1.45. The van der Waals surface area contributed by atoms with Gasteiger partial charge >= 0.3 is 0 Å². The molecule has 3 aromatic carbocycles. The van der Waals surface area contributed by atoms with Crippen LogP contribution in [-0.4, -0.2) is 23.8 Å². The summed E-state index contributed by atoms with van der Waals surface area (Å²) in [6.07, 6.45) is 1.45. The van der Waals surface area contributed by atoms with Crippen molar-refractivity contribution in [3.8, 4) is 0 Å². The van der Waals surface area contributed by atoms with Crippen LogP contribution in [0.2, 0.25) is 10.0 Å². The zero-order valence-corrected chi connectivity index (χ0v) is 18.5. The summed E-state index contributed by atoms with van der Waals surface area (Å²) in [4.78, 5) is 26.6. The lowest BCUT2D eigenvalue weighted by Crippen LogP contribution is -2.28. The Labute approximate surface area is 194 Å². The molecule has 156 valence electrons. The van der Waals surface area contributed by atoms with E-state index in [1.54, 1.807) is 59.1 Å². The van der Waals surface area contributed by atoms with Crippen LogP contribution >= 0.6 is 35.0 Å². The van der Waals surface area contributed by atoms with Gasteiger partial charge in [0, 0.05) is 21.8 Å². The van der Waals surface area contributed by atoms with Crippen molar-refractivity contribution in [3.05, 3.63) is 99.5 Å². The van der Waals surface area contributed by atoms with Gasteiger partial charge in [0.25, 0.3) is 5.91 Å². The van der Waals surface area contributed by atoms with Gasteiger partial charge in [-0.15, -0.1) is 11.8 Å². The number of carbonyl (C=O) groups excluding carboxylic acids is 2. The third kappa shape index (κ3) is 4.93. The Morgan fingerprint density at radius 3 is 2.52 bits per heavy atom. The molecule has 1 heterocycles. The van der Waals surface area contributed by atoms with Gasteiger partial charge in [0.05, 0.1) is 17.0 Å². The molecule has 0 bridgehead atoms. The smallest absolute Gasteiger partial charge is 0.271 e. The van der Waals surface area contributed by atoms with Crippen molar-refractivity contribution in [2.45, 2.75) is 5.37 Å². The zero-order chi connectivity index (χ0) is 21.8. The van der Waals surface area contributed by atoms with Gasteiger partial charge in [0.15, 0.2) is 0 Å². The summed E-state index contributed by atoms with van der Waals surface area (Å²) in [6.45, 7) is 0. The molecular weight excluding hydrogens is 453 g/mol. The highest BCUT2D eigenvalue weighted by molar-refractivity contribution is 8.00. The zero-order valence-electron chi connectivity index (χ0n) is 16.2. The summed E-state index contributed by atoms with van der Waals surface area (Å²) in [7, 11) is 0. The molecule has 0 unspecified atom stereocenters. The third-order valence-electron chi connectivity index (χ3n) is 4.69. The van der Waals surface area contributed by atoms with E-state index in [0.717, 1.165) is 11.3 Å². The van der Waals surface area contributed by atoms with Crippen molar-refractivity contribution in [1.82, 2.24) is 5.43 Å². The minimum atomic E-state index is -0.366. The monoisotopic (exact) mass is 469 g/mol. The molecule has 0 radical (unpaired) electrons. The summed E-state index contributed by atoms with van der Waals surface area (Å²) in [6, 6.07) is 21.8. The largest absolute Gasteiger partial charge is 0.295 e. The number of anilines is 1. The molecule has 0 saturated carbocycles. The Morgan fingerprint density at radius 1 is 1.06 bits per heavy atom.